The molecule has 1 unspecified atom stereocenters. The Bertz CT molecular complexity index is 849. The van der Waals surface area contributed by atoms with Gasteiger partial charge in [0, 0.05) is 24.3 Å². The predicted molar refractivity (Wildman–Crippen MR) is 100 cm³/mol. The number of aliphatic carboxylic acids is 1. The minimum Gasteiger partial charge on any atom is -0.481 e. The molecule has 0 radical (unpaired) electrons. The number of rotatable bonds is 6. The second kappa shape index (κ2) is 7.52. The molecule has 0 aliphatic carbocycles. The highest BCUT2D eigenvalue weighted by Gasteiger charge is 2.31. The number of aromatic nitrogens is 2. The van der Waals surface area contributed by atoms with Gasteiger partial charge in [-0.2, -0.15) is 5.10 Å². The number of ether oxygens (including phenoxy) is 1. The number of aryl methyl sites for hydroxylation is 1. The molecule has 0 bridgehead atoms. The molecule has 27 heavy (non-hydrogen) atoms. The maximum atomic E-state index is 12.5. The molecule has 2 heterocycles. The number of carboxylic acids is 1. The highest BCUT2D eigenvalue weighted by molar-refractivity contribution is 5.94. The summed E-state index contributed by atoms with van der Waals surface area (Å²) >= 11 is 0. The molecule has 2 N–H and O–H groups in total. The van der Waals surface area contributed by atoms with Crippen molar-refractivity contribution in [3.05, 3.63) is 46.8 Å². The fourth-order valence-electron chi connectivity index (χ4n) is 3.39. The Balaban J connectivity index is 1.76. The molecule has 1 amide bonds. The summed E-state index contributed by atoms with van der Waals surface area (Å²) in [5, 5.41) is 16.5. The van der Waals surface area contributed by atoms with Crippen LogP contribution in [0.3, 0.4) is 0 Å². The zero-order chi connectivity index (χ0) is 19.6. The van der Waals surface area contributed by atoms with E-state index in [0.29, 0.717) is 25.2 Å². The third-order valence-corrected chi connectivity index (χ3v) is 5.04. The van der Waals surface area contributed by atoms with Crippen LogP contribution in [-0.2, 0) is 16.0 Å². The van der Waals surface area contributed by atoms with Crippen LogP contribution >= 0.6 is 0 Å². The molecule has 1 aromatic carbocycles. The largest absolute Gasteiger partial charge is 0.481 e. The molecule has 7 nitrogen and oxygen atoms in total. The van der Waals surface area contributed by atoms with Gasteiger partial charge in [-0.3, -0.25) is 9.59 Å². The van der Waals surface area contributed by atoms with Gasteiger partial charge >= 0.3 is 5.97 Å². The molecule has 3 rings (SSSR count). The van der Waals surface area contributed by atoms with Crippen molar-refractivity contribution in [3.63, 3.8) is 0 Å². The zero-order valence-corrected chi connectivity index (χ0v) is 15.9. The minimum absolute atomic E-state index is 0.0783. The third-order valence-electron chi connectivity index (χ3n) is 5.04. The van der Waals surface area contributed by atoms with E-state index in [9.17, 15) is 9.59 Å². The van der Waals surface area contributed by atoms with E-state index >= 15 is 0 Å². The molecule has 0 saturated carbocycles. The molecule has 1 fully saturated rings. The molecule has 0 spiro atoms. The SMILES string of the molecule is Cc1nn(-c2ccc(C(=O)NC3(C)CCOC3)cc2)c(C)c1CCC(=O)O. The molecule has 1 aliphatic heterocycles. The van der Waals surface area contributed by atoms with Crippen molar-refractivity contribution >= 4 is 11.9 Å². The topological polar surface area (TPSA) is 93.5 Å². The maximum absolute atomic E-state index is 12.5. The number of hydrogen-bond donors (Lipinski definition) is 2. The molecule has 2 aromatic rings. The quantitative estimate of drug-likeness (QED) is 0.813. The van der Waals surface area contributed by atoms with E-state index in [2.05, 4.69) is 10.4 Å². The van der Waals surface area contributed by atoms with E-state index in [0.717, 1.165) is 29.1 Å². The van der Waals surface area contributed by atoms with Crippen LogP contribution in [0.15, 0.2) is 24.3 Å². The summed E-state index contributed by atoms with van der Waals surface area (Å²) in [5.41, 5.74) is 3.80. The normalized spacial score (nSPS) is 19.2. The highest BCUT2D eigenvalue weighted by Crippen LogP contribution is 2.21. The smallest absolute Gasteiger partial charge is 0.303 e. The first kappa shape index (κ1) is 19.1. The standard InChI is InChI=1S/C20H25N3O4/c1-13-17(8-9-18(24)25)14(2)23(22-13)16-6-4-15(5-7-16)19(26)21-20(3)10-11-27-12-20/h4-7H,8-12H2,1-3H3,(H,21,26)(H,24,25). The van der Waals surface area contributed by atoms with Crippen LogP contribution in [0.1, 0.15) is 47.1 Å². The lowest BCUT2D eigenvalue weighted by Gasteiger charge is -2.23. The van der Waals surface area contributed by atoms with Gasteiger partial charge in [0.1, 0.15) is 0 Å². The Labute approximate surface area is 158 Å². The van der Waals surface area contributed by atoms with Gasteiger partial charge in [-0.25, -0.2) is 4.68 Å². The lowest BCUT2D eigenvalue weighted by molar-refractivity contribution is -0.136. The number of nitrogens with zero attached hydrogens (tertiary/aromatic N) is 2. The fraction of sp³-hybridized carbons (Fsp3) is 0.450. The Kier molecular flexibility index (Phi) is 5.32. The summed E-state index contributed by atoms with van der Waals surface area (Å²) in [5.74, 6) is -0.941. The van der Waals surface area contributed by atoms with Crippen LogP contribution in [0.25, 0.3) is 5.69 Å². The van der Waals surface area contributed by atoms with E-state index < -0.39 is 5.97 Å². The number of amides is 1. The van der Waals surface area contributed by atoms with Crippen LogP contribution in [-0.4, -0.2) is 45.5 Å². The van der Waals surface area contributed by atoms with Gasteiger partial charge in [0.25, 0.3) is 5.91 Å². The summed E-state index contributed by atoms with van der Waals surface area (Å²) < 4.78 is 7.16. The van der Waals surface area contributed by atoms with E-state index in [4.69, 9.17) is 9.84 Å². The summed E-state index contributed by atoms with van der Waals surface area (Å²) in [6, 6.07) is 7.25. The molecule has 1 saturated heterocycles. The molecule has 1 aliphatic rings. The molecule has 144 valence electrons. The highest BCUT2D eigenvalue weighted by atomic mass is 16.5. The molecular formula is C20H25N3O4. The van der Waals surface area contributed by atoms with Gasteiger partial charge < -0.3 is 15.2 Å². The summed E-state index contributed by atoms with van der Waals surface area (Å²) in [4.78, 5) is 23.3. The molecule has 7 heteroatoms. The lowest BCUT2D eigenvalue weighted by atomic mass is 10.0. The number of carboxylic acid groups (broad SMARTS) is 1. The van der Waals surface area contributed by atoms with Crippen LogP contribution in [0.5, 0.6) is 0 Å². The van der Waals surface area contributed by atoms with Gasteiger partial charge in [0.2, 0.25) is 0 Å². The van der Waals surface area contributed by atoms with Crippen molar-refractivity contribution in [2.24, 2.45) is 0 Å². The number of nitrogens with one attached hydrogen (secondary N) is 1. The Morgan fingerprint density at radius 2 is 2.00 bits per heavy atom. The molecule has 1 atom stereocenters. The molecular weight excluding hydrogens is 346 g/mol. The zero-order valence-electron chi connectivity index (χ0n) is 15.9. The fourth-order valence-corrected chi connectivity index (χ4v) is 3.39. The van der Waals surface area contributed by atoms with Crippen molar-refractivity contribution in [3.8, 4) is 5.69 Å². The predicted octanol–water partition coefficient (Wildman–Crippen LogP) is 2.42. The van der Waals surface area contributed by atoms with E-state index in [1.54, 1.807) is 16.8 Å². The van der Waals surface area contributed by atoms with Gasteiger partial charge in [0.05, 0.1) is 23.5 Å². The monoisotopic (exact) mass is 371 g/mol. The van der Waals surface area contributed by atoms with Gasteiger partial charge in [0.15, 0.2) is 0 Å². The lowest BCUT2D eigenvalue weighted by Crippen LogP contribution is -2.46. The van der Waals surface area contributed by atoms with Gasteiger partial charge in [-0.1, -0.05) is 0 Å². The first-order chi connectivity index (χ1) is 12.8. The van der Waals surface area contributed by atoms with Gasteiger partial charge in [-0.05, 0) is 63.4 Å². The van der Waals surface area contributed by atoms with Crippen molar-refractivity contribution in [1.29, 1.82) is 0 Å². The summed E-state index contributed by atoms with van der Waals surface area (Å²) in [7, 11) is 0. The first-order valence-electron chi connectivity index (χ1n) is 9.07. The van der Waals surface area contributed by atoms with E-state index in [1.807, 2.05) is 32.9 Å². The van der Waals surface area contributed by atoms with Crippen LogP contribution in [0.2, 0.25) is 0 Å². The Morgan fingerprint density at radius 1 is 1.30 bits per heavy atom. The minimum atomic E-state index is -0.821. The van der Waals surface area contributed by atoms with Gasteiger partial charge in [-0.15, -0.1) is 0 Å². The number of hydrogen-bond acceptors (Lipinski definition) is 4. The average Bonchev–Trinajstić information content (AvgIpc) is 3.16. The summed E-state index contributed by atoms with van der Waals surface area (Å²) in [6.45, 7) is 6.99. The van der Waals surface area contributed by atoms with Crippen molar-refractivity contribution in [1.82, 2.24) is 15.1 Å². The second-order valence-corrected chi connectivity index (χ2v) is 7.32. The van der Waals surface area contributed by atoms with Crippen molar-refractivity contribution in [2.45, 2.75) is 45.6 Å². The summed E-state index contributed by atoms with van der Waals surface area (Å²) in [6.07, 6.45) is 1.34. The van der Waals surface area contributed by atoms with Crippen LogP contribution in [0.4, 0.5) is 0 Å². The van der Waals surface area contributed by atoms with Crippen molar-refractivity contribution < 1.29 is 19.4 Å². The number of carbonyl (C=O) groups is 2. The maximum Gasteiger partial charge on any atom is 0.303 e. The Hall–Kier alpha value is -2.67. The second-order valence-electron chi connectivity index (χ2n) is 7.32. The molecule has 1 aromatic heterocycles. The Morgan fingerprint density at radius 3 is 2.59 bits per heavy atom. The third kappa shape index (κ3) is 4.19. The number of carbonyl (C=O) groups excluding carboxylic acids is 1. The van der Waals surface area contributed by atoms with E-state index in [1.165, 1.54) is 0 Å². The van der Waals surface area contributed by atoms with Crippen molar-refractivity contribution in [2.75, 3.05) is 13.2 Å². The van der Waals surface area contributed by atoms with Crippen LogP contribution < -0.4 is 5.32 Å². The average molecular weight is 371 g/mol. The van der Waals surface area contributed by atoms with E-state index in [-0.39, 0.29) is 17.9 Å². The first-order valence-corrected chi connectivity index (χ1v) is 9.07. The number of benzene rings is 1. The van der Waals surface area contributed by atoms with Crippen LogP contribution in [0, 0.1) is 13.8 Å².